The van der Waals surface area contributed by atoms with Crippen molar-refractivity contribution in [2.24, 2.45) is 5.92 Å². The van der Waals surface area contributed by atoms with Crippen LogP contribution in [0.5, 0.6) is 0 Å². The Labute approximate surface area is 81.3 Å². The van der Waals surface area contributed by atoms with Crippen molar-refractivity contribution < 1.29 is 9.84 Å². The van der Waals surface area contributed by atoms with Crippen LogP contribution < -0.4 is 0 Å². The van der Waals surface area contributed by atoms with Gasteiger partial charge in [0.05, 0.1) is 11.7 Å². The molecule has 1 rings (SSSR count). The monoisotopic (exact) mass is 186 g/mol. The molecule has 1 unspecified atom stereocenters. The molecule has 1 saturated heterocycles. The first-order valence-electron chi connectivity index (χ1n) is 5.42. The Bertz CT molecular complexity index is 150. The summed E-state index contributed by atoms with van der Waals surface area (Å²) in [5, 5.41) is 10.3. The molecular formula is C11H22O2. The summed E-state index contributed by atoms with van der Waals surface area (Å²) in [4.78, 5) is 0. The fourth-order valence-corrected chi connectivity index (χ4v) is 1.99. The van der Waals surface area contributed by atoms with E-state index in [1.165, 1.54) is 0 Å². The zero-order valence-corrected chi connectivity index (χ0v) is 9.05. The van der Waals surface area contributed by atoms with Gasteiger partial charge in [0.1, 0.15) is 0 Å². The Balaban J connectivity index is 2.46. The fraction of sp³-hybridized carbons (Fsp3) is 1.00. The summed E-state index contributed by atoms with van der Waals surface area (Å²) in [6.07, 6.45) is 4.20. The second-order valence-corrected chi connectivity index (χ2v) is 4.45. The lowest BCUT2D eigenvalue weighted by Gasteiger charge is -2.33. The third-order valence-corrected chi connectivity index (χ3v) is 3.29. The van der Waals surface area contributed by atoms with Crippen molar-refractivity contribution in [3.05, 3.63) is 0 Å². The van der Waals surface area contributed by atoms with Crippen LogP contribution in [0.25, 0.3) is 0 Å². The van der Waals surface area contributed by atoms with Crippen LogP contribution in [0.1, 0.15) is 46.5 Å². The summed E-state index contributed by atoms with van der Waals surface area (Å²) < 4.78 is 5.54. The van der Waals surface area contributed by atoms with Crippen molar-refractivity contribution in [2.45, 2.75) is 58.2 Å². The van der Waals surface area contributed by atoms with E-state index >= 15 is 0 Å². The van der Waals surface area contributed by atoms with Crippen LogP contribution >= 0.6 is 0 Å². The molecule has 1 heterocycles. The molecule has 1 aliphatic heterocycles. The van der Waals surface area contributed by atoms with Gasteiger partial charge in [-0.1, -0.05) is 20.8 Å². The minimum atomic E-state index is -0.519. The van der Waals surface area contributed by atoms with Crippen molar-refractivity contribution in [1.29, 1.82) is 0 Å². The smallest absolute Gasteiger partial charge is 0.0692 e. The molecule has 78 valence electrons. The van der Waals surface area contributed by atoms with Crippen LogP contribution in [-0.4, -0.2) is 23.4 Å². The Morgan fingerprint density at radius 1 is 1.54 bits per heavy atom. The van der Waals surface area contributed by atoms with Gasteiger partial charge >= 0.3 is 0 Å². The quantitative estimate of drug-likeness (QED) is 0.730. The molecule has 1 fully saturated rings. The standard InChI is InChI=1S/C11H22O2/c1-4-11(12,9(2)3)8-10-6-5-7-13-10/h9-10,12H,4-8H2,1-3H3/t10-,11?/m0/s1. The molecule has 0 aromatic carbocycles. The number of aliphatic hydroxyl groups is 1. The van der Waals surface area contributed by atoms with Crippen LogP contribution in [0.2, 0.25) is 0 Å². The molecule has 2 nitrogen and oxygen atoms in total. The molecule has 2 heteroatoms. The summed E-state index contributed by atoms with van der Waals surface area (Å²) in [7, 11) is 0. The second-order valence-electron chi connectivity index (χ2n) is 4.45. The number of hydrogen-bond acceptors (Lipinski definition) is 2. The molecule has 0 aliphatic carbocycles. The zero-order chi connectivity index (χ0) is 9.90. The van der Waals surface area contributed by atoms with E-state index in [0.717, 1.165) is 32.3 Å². The average molecular weight is 186 g/mol. The lowest BCUT2D eigenvalue weighted by molar-refractivity contribution is -0.0539. The van der Waals surface area contributed by atoms with Crippen molar-refractivity contribution in [3.63, 3.8) is 0 Å². The van der Waals surface area contributed by atoms with Crippen molar-refractivity contribution >= 4 is 0 Å². The lowest BCUT2D eigenvalue weighted by atomic mass is 9.82. The van der Waals surface area contributed by atoms with E-state index in [9.17, 15) is 5.11 Å². The van der Waals surface area contributed by atoms with Crippen LogP contribution in [0, 0.1) is 5.92 Å². The molecule has 0 saturated carbocycles. The molecular weight excluding hydrogens is 164 g/mol. The topological polar surface area (TPSA) is 29.5 Å². The predicted octanol–water partition coefficient (Wildman–Crippen LogP) is 2.35. The molecule has 0 amide bonds. The predicted molar refractivity (Wildman–Crippen MR) is 53.7 cm³/mol. The van der Waals surface area contributed by atoms with Gasteiger partial charge in [-0.15, -0.1) is 0 Å². The third-order valence-electron chi connectivity index (χ3n) is 3.29. The van der Waals surface area contributed by atoms with Gasteiger partial charge in [0.2, 0.25) is 0 Å². The van der Waals surface area contributed by atoms with Crippen LogP contribution in [0.15, 0.2) is 0 Å². The third kappa shape index (κ3) is 2.68. The summed E-state index contributed by atoms with van der Waals surface area (Å²) in [6.45, 7) is 7.09. The van der Waals surface area contributed by atoms with Crippen molar-refractivity contribution in [2.75, 3.05) is 6.61 Å². The highest BCUT2D eigenvalue weighted by Crippen LogP contribution is 2.30. The van der Waals surface area contributed by atoms with Crippen LogP contribution in [0.4, 0.5) is 0 Å². The van der Waals surface area contributed by atoms with E-state index in [1.54, 1.807) is 0 Å². The van der Waals surface area contributed by atoms with Gasteiger partial charge in [0, 0.05) is 13.0 Å². The number of hydrogen-bond donors (Lipinski definition) is 1. The largest absolute Gasteiger partial charge is 0.390 e. The Morgan fingerprint density at radius 3 is 2.62 bits per heavy atom. The van der Waals surface area contributed by atoms with E-state index in [4.69, 9.17) is 4.74 Å². The molecule has 2 atom stereocenters. The average Bonchev–Trinajstić information content (AvgIpc) is 2.56. The van der Waals surface area contributed by atoms with Gasteiger partial charge in [0.25, 0.3) is 0 Å². The summed E-state index contributed by atoms with van der Waals surface area (Å²) >= 11 is 0. The molecule has 1 N–H and O–H groups in total. The fourth-order valence-electron chi connectivity index (χ4n) is 1.99. The maximum absolute atomic E-state index is 10.3. The van der Waals surface area contributed by atoms with Gasteiger partial charge in [-0.25, -0.2) is 0 Å². The van der Waals surface area contributed by atoms with Gasteiger partial charge in [-0.2, -0.15) is 0 Å². The van der Waals surface area contributed by atoms with Gasteiger partial charge in [0.15, 0.2) is 0 Å². The first-order chi connectivity index (χ1) is 6.08. The molecule has 0 aromatic heterocycles. The lowest BCUT2D eigenvalue weighted by Crippen LogP contribution is -2.37. The Morgan fingerprint density at radius 2 is 2.23 bits per heavy atom. The van der Waals surface area contributed by atoms with Crippen LogP contribution in [0.3, 0.4) is 0 Å². The Kier molecular flexibility index (Phi) is 3.74. The minimum Gasteiger partial charge on any atom is -0.390 e. The second kappa shape index (κ2) is 4.43. The first kappa shape index (κ1) is 11.0. The molecule has 1 aliphatic rings. The number of ether oxygens (including phenoxy) is 1. The van der Waals surface area contributed by atoms with E-state index in [2.05, 4.69) is 20.8 Å². The highest BCUT2D eigenvalue weighted by molar-refractivity contribution is 4.85. The van der Waals surface area contributed by atoms with Crippen molar-refractivity contribution in [3.8, 4) is 0 Å². The normalized spacial score (nSPS) is 27.9. The van der Waals surface area contributed by atoms with Gasteiger partial charge in [-0.3, -0.25) is 0 Å². The summed E-state index contributed by atoms with van der Waals surface area (Å²) in [5.74, 6) is 0.321. The molecule has 0 spiro atoms. The zero-order valence-electron chi connectivity index (χ0n) is 9.05. The SMILES string of the molecule is CCC(O)(C[C@@H]1CCCO1)C(C)C. The van der Waals surface area contributed by atoms with E-state index in [0.29, 0.717) is 12.0 Å². The summed E-state index contributed by atoms with van der Waals surface area (Å²) in [5.41, 5.74) is -0.519. The van der Waals surface area contributed by atoms with E-state index in [1.807, 2.05) is 0 Å². The van der Waals surface area contributed by atoms with Crippen molar-refractivity contribution in [1.82, 2.24) is 0 Å². The van der Waals surface area contributed by atoms with E-state index < -0.39 is 5.60 Å². The van der Waals surface area contributed by atoms with E-state index in [-0.39, 0.29) is 0 Å². The highest BCUT2D eigenvalue weighted by atomic mass is 16.5. The maximum Gasteiger partial charge on any atom is 0.0692 e. The molecule has 0 aromatic rings. The minimum absolute atomic E-state index is 0.298. The van der Waals surface area contributed by atoms with Gasteiger partial charge < -0.3 is 9.84 Å². The highest BCUT2D eigenvalue weighted by Gasteiger charge is 2.33. The first-order valence-corrected chi connectivity index (χ1v) is 5.42. The van der Waals surface area contributed by atoms with Crippen LogP contribution in [-0.2, 0) is 4.74 Å². The molecule has 0 radical (unpaired) electrons. The molecule has 0 bridgehead atoms. The maximum atomic E-state index is 10.3. The number of rotatable bonds is 4. The molecule has 13 heavy (non-hydrogen) atoms. The van der Waals surface area contributed by atoms with Gasteiger partial charge in [-0.05, 0) is 25.2 Å². The summed E-state index contributed by atoms with van der Waals surface area (Å²) in [6, 6.07) is 0. The Hall–Kier alpha value is -0.0800.